The van der Waals surface area contributed by atoms with Gasteiger partial charge in [-0.3, -0.25) is 0 Å². The molecule has 25 heavy (non-hydrogen) atoms. The third-order valence-electron chi connectivity index (χ3n) is 4.33. The number of nitrogens with zero attached hydrogens (tertiary/aromatic N) is 1. The van der Waals surface area contributed by atoms with Gasteiger partial charge >= 0.3 is 5.97 Å². The van der Waals surface area contributed by atoms with Gasteiger partial charge in [-0.05, 0) is 40.4 Å². The summed E-state index contributed by atoms with van der Waals surface area (Å²) in [6, 6.07) is 0. The SMILES string of the molecule is C=C(C)C(=O)OCCCCCCCCCCCCCCCN(C)C.Cl. The Hall–Kier alpha value is -0.540. The summed E-state index contributed by atoms with van der Waals surface area (Å²) >= 11 is 0. The molecule has 0 heterocycles. The molecule has 0 radical (unpaired) electrons. The van der Waals surface area contributed by atoms with Gasteiger partial charge in [-0.15, -0.1) is 12.4 Å². The molecule has 0 aliphatic heterocycles. The molecule has 0 N–H and O–H groups in total. The number of hydrogen-bond donors (Lipinski definition) is 0. The van der Waals surface area contributed by atoms with Crippen molar-refractivity contribution in [1.29, 1.82) is 0 Å². The fraction of sp³-hybridized carbons (Fsp3) is 0.857. The number of carbonyl (C=O) groups excluding carboxylic acids is 1. The Morgan fingerprint density at radius 3 is 1.48 bits per heavy atom. The van der Waals surface area contributed by atoms with E-state index in [0.29, 0.717) is 12.2 Å². The molecule has 0 spiro atoms. The summed E-state index contributed by atoms with van der Waals surface area (Å²) in [5.41, 5.74) is 0.489. The monoisotopic (exact) mass is 375 g/mol. The molecule has 0 aromatic heterocycles. The van der Waals surface area contributed by atoms with E-state index in [1.54, 1.807) is 6.92 Å². The van der Waals surface area contributed by atoms with Crippen molar-refractivity contribution in [3.05, 3.63) is 12.2 Å². The summed E-state index contributed by atoms with van der Waals surface area (Å²) in [4.78, 5) is 13.5. The van der Waals surface area contributed by atoms with Crippen LogP contribution in [0.3, 0.4) is 0 Å². The average Bonchev–Trinajstić information content (AvgIpc) is 2.53. The summed E-state index contributed by atoms with van der Waals surface area (Å²) in [5.74, 6) is -0.257. The second kappa shape index (κ2) is 19.8. The Morgan fingerprint density at radius 1 is 0.760 bits per heavy atom. The summed E-state index contributed by atoms with van der Waals surface area (Å²) in [6.45, 7) is 7.04. The molecule has 0 saturated heterocycles. The lowest BCUT2D eigenvalue weighted by molar-refractivity contribution is -0.139. The largest absolute Gasteiger partial charge is 0.462 e. The van der Waals surface area contributed by atoms with Crippen LogP contribution in [0.15, 0.2) is 12.2 Å². The van der Waals surface area contributed by atoms with Crippen molar-refractivity contribution in [3.8, 4) is 0 Å². The van der Waals surface area contributed by atoms with Gasteiger partial charge in [-0.25, -0.2) is 4.79 Å². The minimum Gasteiger partial charge on any atom is -0.462 e. The maximum Gasteiger partial charge on any atom is 0.333 e. The molecule has 0 aromatic carbocycles. The van der Waals surface area contributed by atoms with E-state index in [9.17, 15) is 4.79 Å². The summed E-state index contributed by atoms with van der Waals surface area (Å²) in [7, 11) is 4.30. The van der Waals surface area contributed by atoms with Gasteiger partial charge in [0.15, 0.2) is 0 Å². The zero-order chi connectivity index (χ0) is 18.0. The van der Waals surface area contributed by atoms with E-state index in [4.69, 9.17) is 4.74 Å². The lowest BCUT2D eigenvalue weighted by atomic mass is 10.0. The number of unbranched alkanes of at least 4 members (excludes halogenated alkanes) is 12. The number of halogens is 1. The van der Waals surface area contributed by atoms with Crippen molar-refractivity contribution in [2.45, 2.75) is 90.4 Å². The molecule has 0 aromatic rings. The van der Waals surface area contributed by atoms with Crippen molar-refractivity contribution >= 4 is 18.4 Å². The molecule has 0 aliphatic carbocycles. The zero-order valence-electron chi connectivity index (χ0n) is 17.0. The molecule has 0 bridgehead atoms. The highest BCUT2D eigenvalue weighted by atomic mass is 35.5. The Morgan fingerprint density at radius 2 is 1.12 bits per heavy atom. The van der Waals surface area contributed by atoms with Crippen LogP contribution >= 0.6 is 12.4 Å². The highest BCUT2D eigenvalue weighted by molar-refractivity contribution is 5.86. The second-order valence-corrected chi connectivity index (χ2v) is 7.32. The van der Waals surface area contributed by atoms with Gasteiger partial charge in [-0.2, -0.15) is 0 Å². The predicted octanol–water partition coefficient (Wildman–Crippen LogP) is 6.16. The first-order chi connectivity index (χ1) is 11.5. The molecule has 3 nitrogen and oxygen atoms in total. The average molecular weight is 376 g/mol. The van der Waals surface area contributed by atoms with Crippen molar-refractivity contribution in [3.63, 3.8) is 0 Å². The van der Waals surface area contributed by atoms with Crippen molar-refractivity contribution in [2.75, 3.05) is 27.2 Å². The topological polar surface area (TPSA) is 29.5 Å². The van der Waals surface area contributed by atoms with Crippen molar-refractivity contribution < 1.29 is 9.53 Å². The van der Waals surface area contributed by atoms with E-state index >= 15 is 0 Å². The van der Waals surface area contributed by atoms with Crippen LogP contribution in [0.1, 0.15) is 90.4 Å². The van der Waals surface area contributed by atoms with E-state index < -0.39 is 0 Å². The van der Waals surface area contributed by atoms with Crippen LogP contribution in [-0.4, -0.2) is 38.1 Å². The standard InChI is InChI=1S/C21H41NO2.ClH/c1-20(2)21(23)24-19-17-15-13-11-9-7-5-6-8-10-12-14-16-18-22(3)4;/h1,5-19H2,2-4H3;1H. The Labute approximate surface area is 163 Å². The molecule has 0 unspecified atom stereocenters. The van der Waals surface area contributed by atoms with Crippen LogP contribution in [0, 0.1) is 0 Å². The van der Waals surface area contributed by atoms with Gasteiger partial charge in [0, 0.05) is 5.57 Å². The first-order valence-corrected chi connectivity index (χ1v) is 10.0. The molecular formula is C21H42ClNO2. The van der Waals surface area contributed by atoms with Gasteiger partial charge in [-0.1, -0.05) is 77.2 Å². The van der Waals surface area contributed by atoms with Crippen LogP contribution in [0.5, 0.6) is 0 Å². The molecule has 0 fully saturated rings. The van der Waals surface area contributed by atoms with Gasteiger partial charge in [0.25, 0.3) is 0 Å². The number of rotatable bonds is 17. The van der Waals surface area contributed by atoms with Gasteiger partial charge < -0.3 is 9.64 Å². The Kier molecular flexibility index (Phi) is 21.1. The van der Waals surface area contributed by atoms with E-state index in [1.165, 1.54) is 77.2 Å². The normalized spacial score (nSPS) is 10.6. The third kappa shape index (κ3) is 21.4. The first-order valence-electron chi connectivity index (χ1n) is 10.0. The maximum absolute atomic E-state index is 11.2. The lowest BCUT2D eigenvalue weighted by Crippen LogP contribution is -2.12. The molecule has 0 atom stereocenters. The van der Waals surface area contributed by atoms with Gasteiger partial charge in [0.1, 0.15) is 0 Å². The third-order valence-corrected chi connectivity index (χ3v) is 4.33. The maximum atomic E-state index is 11.2. The lowest BCUT2D eigenvalue weighted by Gasteiger charge is -2.08. The summed E-state index contributed by atoms with van der Waals surface area (Å²) in [5, 5.41) is 0. The number of hydrogen-bond acceptors (Lipinski definition) is 3. The molecule has 0 saturated carbocycles. The van der Waals surface area contributed by atoms with E-state index in [1.807, 2.05) is 0 Å². The summed E-state index contributed by atoms with van der Waals surface area (Å²) in [6.07, 6.45) is 17.2. The number of carbonyl (C=O) groups is 1. The van der Waals surface area contributed by atoms with Crippen LogP contribution < -0.4 is 0 Å². The van der Waals surface area contributed by atoms with E-state index in [-0.39, 0.29) is 18.4 Å². The Bertz CT molecular complexity index is 319. The molecule has 4 heteroatoms. The first kappa shape index (κ1) is 26.7. The minimum atomic E-state index is -0.257. The number of ether oxygens (including phenoxy) is 1. The Balaban J connectivity index is 0. The van der Waals surface area contributed by atoms with Crippen LogP contribution in [-0.2, 0) is 9.53 Å². The summed E-state index contributed by atoms with van der Waals surface area (Å²) < 4.78 is 5.08. The van der Waals surface area contributed by atoms with Crippen molar-refractivity contribution in [2.24, 2.45) is 0 Å². The second-order valence-electron chi connectivity index (χ2n) is 7.32. The fourth-order valence-corrected chi connectivity index (χ4v) is 2.76. The smallest absolute Gasteiger partial charge is 0.333 e. The molecule has 0 rings (SSSR count). The highest BCUT2D eigenvalue weighted by Crippen LogP contribution is 2.12. The minimum absolute atomic E-state index is 0. The fourth-order valence-electron chi connectivity index (χ4n) is 2.76. The molecule has 150 valence electrons. The molecular weight excluding hydrogens is 334 g/mol. The van der Waals surface area contributed by atoms with Crippen LogP contribution in [0.4, 0.5) is 0 Å². The molecule has 0 amide bonds. The molecule has 0 aliphatic rings. The number of esters is 1. The van der Waals surface area contributed by atoms with Gasteiger partial charge in [0.05, 0.1) is 6.61 Å². The zero-order valence-corrected chi connectivity index (χ0v) is 17.8. The van der Waals surface area contributed by atoms with Gasteiger partial charge in [0.2, 0.25) is 0 Å². The van der Waals surface area contributed by atoms with E-state index in [0.717, 1.165) is 12.8 Å². The van der Waals surface area contributed by atoms with Crippen LogP contribution in [0.2, 0.25) is 0 Å². The van der Waals surface area contributed by atoms with E-state index in [2.05, 4.69) is 25.6 Å². The van der Waals surface area contributed by atoms with Crippen LogP contribution in [0.25, 0.3) is 0 Å². The van der Waals surface area contributed by atoms with Crippen molar-refractivity contribution in [1.82, 2.24) is 4.90 Å². The predicted molar refractivity (Wildman–Crippen MR) is 112 cm³/mol. The highest BCUT2D eigenvalue weighted by Gasteiger charge is 2.01. The quantitative estimate of drug-likeness (QED) is 0.173.